The first-order valence-electron chi connectivity index (χ1n) is 6.50. The van der Waals surface area contributed by atoms with E-state index in [4.69, 9.17) is 18.9 Å². The predicted octanol–water partition coefficient (Wildman–Crippen LogP) is 2.23. The van der Waals surface area contributed by atoms with Crippen LogP contribution in [-0.4, -0.2) is 40.6 Å². The highest BCUT2D eigenvalue weighted by molar-refractivity contribution is 5.50. The fourth-order valence-electron chi connectivity index (χ4n) is 1.99. The van der Waals surface area contributed by atoms with Crippen molar-refractivity contribution >= 4 is 0 Å². The number of ether oxygens (including phenoxy) is 4. The minimum Gasteiger partial charge on any atom is -0.496 e. The van der Waals surface area contributed by atoms with Crippen molar-refractivity contribution in [2.75, 3.05) is 35.0 Å². The minimum atomic E-state index is -0.134. The van der Waals surface area contributed by atoms with Gasteiger partial charge < -0.3 is 24.3 Å². The van der Waals surface area contributed by atoms with Crippen LogP contribution < -0.4 is 19.5 Å². The molecule has 5 heteroatoms. The van der Waals surface area contributed by atoms with Gasteiger partial charge in [0.15, 0.2) is 0 Å². The zero-order valence-electron chi connectivity index (χ0n) is 13.2. The Morgan fingerprint density at radius 2 is 1.50 bits per heavy atom. The molecule has 5 nitrogen and oxygen atoms in total. The van der Waals surface area contributed by atoms with E-state index in [0.29, 0.717) is 18.9 Å². The van der Waals surface area contributed by atoms with Gasteiger partial charge in [0.1, 0.15) is 17.2 Å². The largest absolute Gasteiger partial charge is 0.496 e. The van der Waals surface area contributed by atoms with E-state index in [1.807, 2.05) is 12.1 Å². The number of nitrogens with one attached hydrogen (secondary N) is 1. The zero-order valence-corrected chi connectivity index (χ0v) is 13.2. The highest BCUT2D eigenvalue weighted by Crippen LogP contribution is 2.34. The Morgan fingerprint density at radius 3 is 1.90 bits per heavy atom. The van der Waals surface area contributed by atoms with E-state index < -0.39 is 0 Å². The molecule has 1 N–H and O–H groups in total. The van der Waals surface area contributed by atoms with Crippen LogP contribution in [0.2, 0.25) is 0 Å². The summed E-state index contributed by atoms with van der Waals surface area (Å²) in [7, 11) is 6.59. The molecule has 0 unspecified atom stereocenters. The third kappa shape index (κ3) is 4.28. The third-order valence-corrected chi connectivity index (χ3v) is 3.07. The van der Waals surface area contributed by atoms with Crippen molar-refractivity contribution in [1.82, 2.24) is 5.32 Å². The van der Waals surface area contributed by atoms with Crippen LogP contribution in [0.3, 0.4) is 0 Å². The zero-order chi connectivity index (χ0) is 15.2. The van der Waals surface area contributed by atoms with Crippen LogP contribution in [0.5, 0.6) is 17.2 Å². The normalized spacial score (nSPS) is 11.3. The van der Waals surface area contributed by atoms with Crippen LogP contribution >= 0.6 is 0 Å². The maximum absolute atomic E-state index is 5.42. The van der Waals surface area contributed by atoms with E-state index in [2.05, 4.69) is 19.2 Å². The van der Waals surface area contributed by atoms with E-state index in [9.17, 15) is 0 Å². The summed E-state index contributed by atoms with van der Waals surface area (Å²) in [5.74, 6) is 2.18. The molecule has 1 aromatic rings. The van der Waals surface area contributed by atoms with Crippen LogP contribution in [-0.2, 0) is 11.3 Å². The minimum absolute atomic E-state index is 0.134. The summed E-state index contributed by atoms with van der Waals surface area (Å²) in [5.41, 5.74) is 0.824. The van der Waals surface area contributed by atoms with Crippen molar-refractivity contribution in [3.63, 3.8) is 0 Å². The molecular formula is C15H25NO4. The Hall–Kier alpha value is -1.46. The summed E-state index contributed by atoms with van der Waals surface area (Å²) in [4.78, 5) is 0. The molecule has 0 fully saturated rings. The number of benzene rings is 1. The molecule has 0 aliphatic carbocycles. The van der Waals surface area contributed by atoms with Crippen LogP contribution in [0.15, 0.2) is 12.1 Å². The molecule has 0 spiro atoms. The second-order valence-corrected chi connectivity index (χ2v) is 5.18. The summed E-state index contributed by atoms with van der Waals surface area (Å²) < 4.78 is 21.3. The van der Waals surface area contributed by atoms with E-state index >= 15 is 0 Å². The first-order chi connectivity index (χ1) is 9.47. The molecule has 20 heavy (non-hydrogen) atoms. The van der Waals surface area contributed by atoms with Gasteiger partial charge in [0.2, 0.25) is 0 Å². The molecule has 0 radical (unpaired) electrons. The molecule has 114 valence electrons. The lowest BCUT2D eigenvalue weighted by Crippen LogP contribution is -2.42. The van der Waals surface area contributed by atoms with Gasteiger partial charge in [0.25, 0.3) is 0 Å². The Morgan fingerprint density at radius 1 is 0.950 bits per heavy atom. The van der Waals surface area contributed by atoms with Gasteiger partial charge >= 0.3 is 0 Å². The van der Waals surface area contributed by atoms with Gasteiger partial charge in [-0.25, -0.2) is 0 Å². The topological polar surface area (TPSA) is 49.0 Å². The summed E-state index contributed by atoms with van der Waals surface area (Å²) in [6.45, 7) is 5.40. The molecular weight excluding hydrogens is 258 g/mol. The van der Waals surface area contributed by atoms with Gasteiger partial charge in [0, 0.05) is 31.3 Å². The van der Waals surface area contributed by atoms with Crippen molar-refractivity contribution in [3.8, 4) is 17.2 Å². The van der Waals surface area contributed by atoms with Crippen LogP contribution in [0.1, 0.15) is 19.4 Å². The van der Waals surface area contributed by atoms with Gasteiger partial charge in [-0.2, -0.15) is 0 Å². The Kier molecular flexibility index (Phi) is 6.10. The highest BCUT2D eigenvalue weighted by Gasteiger charge is 2.20. The van der Waals surface area contributed by atoms with Crippen LogP contribution in [0, 0.1) is 0 Å². The van der Waals surface area contributed by atoms with Gasteiger partial charge in [-0.15, -0.1) is 0 Å². The fourth-order valence-corrected chi connectivity index (χ4v) is 1.99. The average molecular weight is 283 g/mol. The molecule has 0 aromatic heterocycles. The smallest absolute Gasteiger partial charge is 0.130 e. The van der Waals surface area contributed by atoms with Crippen LogP contribution in [0.4, 0.5) is 0 Å². The SMILES string of the molecule is COCC(C)(C)NCc1c(OC)cc(OC)cc1OC. The second-order valence-electron chi connectivity index (χ2n) is 5.18. The van der Waals surface area contributed by atoms with Crippen molar-refractivity contribution in [2.24, 2.45) is 0 Å². The molecule has 0 aliphatic heterocycles. The molecule has 1 rings (SSSR count). The summed E-state index contributed by atoms with van der Waals surface area (Å²) in [5, 5.41) is 3.44. The quantitative estimate of drug-likeness (QED) is 0.793. The van der Waals surface area contributed by atoms with Crippen molar-refractivity contribution < 1.29 is 18.9 Å². The van der Waals surface area contributed by atoms with Crippen LogP contribution in [0.25, 0.3) is 0 Å². The summed E-state index contributed by atoms with van der Waals surface area (Å²) in [6, 6.07) is 3.70. The monoisotopic (exact) mass is 283 g/mol. The average Bonchev–Trinajstić information content (AvgIpc) is 2.44. The van der Waals surface area contributed by atoms with Gasteiger partial charge in [-0.3, -0.25) is 0 Å². The lowest BCUT2D eigenvalue weighted by Gasteiger charge is -2.26. The third-order valence-electron chi connectivity index (χ3n) is 3.07. The lowest BCUT2D eigenvalue weighted by atomic mass is 10.1. The number of hydrogen-bond acceptors (Lipinski definition) is 5. The maximum Gasteiger partial charge on any atom is 0.130 e. The molecule has 0 amide bonds. The molecule has 0 saturated heterocycles. The molecule has 1 aromatic carbocycles. The fraction of sp³-hybridized carbons (Fsp3) is 0.600. The van der Waals surface area contributed by atoms with E-state index in [1.54, 1.807) is 28.4 Å². The van der Waals surface area contributed by atoms with E-state index in [1.165, 1.54) is 0 Å². The second kappa shape index (κ2) is 7.36. The van der Waals surface area contributed by atoms with Crippen molar-refractivity contribution in [3.05, 3.63) is 17.7 Å². The predicted molar refractivity (Wildman–Crippen MR) is 78.9 cm³/mol. The molecule has 0 bridgehead atoms. The van der Waals surface area contributed by atoms with Crippen molar-refractivity contribution in [1.29, 1.82) is 0 Å². The first kappa shape index (κ1) is 16.6. The van der Waals surface area contributed by atoms with Gasteiger partial charge in [-0.1, -0.05) is 0 Å². The van der Waals surface area contributed by atoms with Gasteiger partial charge in [0.05, 0.1) is 33.5 Å². The van der Waals surface area contributed by atoms with E-state index in [-0.39, 0.29) is 5.54 Å². The Bertz CT molecular complexity index is 407. The maximum atomic E-state index is 5.42. The summed E-state index contributed by atoms with van der Waals surface area (Å²) >= 11 is 0. The Balaban J connectivity index is 2.98. The molecule has 0 saturated carbocycles. The molecule has 0 heterocycles. The molecule has 0 aliphatic rings. The number of methoxy groups -OCH3 is 4. The number of hydrogen-bond donors (Lipinski definition) is 1. The first-order valence-corrected chi connectivity index (χ1v) is 6.50. The van der Waals surface area contributed by atoms with Crippen molar-refractivity contribution in [2.45, 2.75) is 25.9 Å². The highest BCUT2D eigenvalue weighted by atomic mass is 16.5. The standard InChI is InChI=1S/C15H25NO4/c1-15(2,10-17-3)16-9-12-13(19-5)7-11(18-4)8-14(12)20-6/h7-8,16H,9-10H2,1-6H3. The summed E-state index contributed by atoms with van der Waals surface area (Å²) in [6.07, 6.45) is 0. The number of rotatable bonds is 8. The van der Waals surface area contributed by atoms with E-state index in [0.717, 1.165) is 17.1 Å². The molecule has 0 atom stereocenters. The Labute approximate surface area is 121 Å². The van der Waals surface area contributed by atoms with Gasteiger partial charge in [-0.05, 0) is 13.8 Å². The lowest BCUT2D eigenvalue weighted by molar-refractivity contribution is 0.127.